The molecule has 0 saturated heterocycles. The van der Waals surface area contributed by atoms with Gasteiger partial charge >= 0.3 is 0 Å². The maximum atomic E-state index is 10.9. The first-order valence-electron chi connectivity index (χ1n) is 8.85. The zero-order valence-electron chi connectivity index (χ0n) is 15.2. The van der Waals surface area contributed by atoms with Gasteiger partial charge in [-0.15, -0.1) is 11.3 Å². The van der Waals surface area contributed by atoms with Crippen LogP contribution in [-0.2, 0) is 0 Å². The van der Waals surface area contributed by atoms with E-state index in [1.165, 1.54) is 36.0 Å². The van der Waals surface area contributed by atoms with Gasteiger partial charge in [-0.25, -0.2) is 4.98 Å². The van der Waals surface area contributed by atoms with E-state index < -0.39 is 4.92 Å². The molecule has 2 aromatic rings. The van der Waals surface area contributed by atoms with Crippen molar-refractivity contribution in [1.29, 1.82) is 0 Å². The van der Waals surface area contributed by atoms with Gasteiger partial charge in [0.05, 0.1) is 10.6 Å². The van der Waals surface area contributed by atoms with Crippen LogP contribution in [0.15, 0.2) is 34.7 Å². The molecule has 1 aromatic carbocycles. The number of hydrazone groups is 1. The summed E-state index contributed by atoms with van der Waals surface area (Å²) in [5.41, 5.74) is 6.35. The Morgan fingerprint density at radius 1 is 1.38 bits per heavy atom. The summed E-state index contributed by atoms with van der Waals surface area (Å²) in [5.74, 6) is 0.713. The van der Waals surface area contributed by atoms with E-state index >= 15 is 0 Å². The molecule has 1 N–H and O–H groups in total. The molecular formula is C19H22N4O2S. The van der Waals surface area contributed by atoms with Gasteiger partial charge in [-0.2, -0.15) is 5.10 Å². The lowest BCUT2D eigenvalue weighted by Gasteiger charge is -2.34. The minimum absolute atomic E-state index is 0.0717. The first-order valence-corrected chi connectivity index (χ1v) is 9.72. The third-order valence-electron chi connectivity index (χ3n) is 6.66. The van der Waals surface area contributed by atoms with Gasteiger partial charge in [0.1, 0.15) is 0 Å². The summed E-state index contributed by atoms with van der Waals surface area (Å²) < 4.78 is 0. The largest absolute Gasteiger partial charge is 0.270 e. The first kappa shape index (κ1) is 17.1. The van der Waals surface area contributed by atoms with Gasteiger partial charge in [0, 0.05) is 34.2 Å². The number of benzene rings is 1. The topological polar surface area (TPSA) is 80.4 Å². The van der Waals surface area contributed by atoms with Crippen molar-refractivity contribution in [3.05, 3.63) is 39.8 Å². The first-order chi connectivity index (χ1) is 12.3. The average Bonchev–Trinajstić information content (AvgIpc) is 3.22. The summed E-state index contributed by atoms with van der Waals surface area (Å²) in [5, 5.41) is 18.3. The van der Waals surface area contributed by atoms with Gasteiger partial charge in [-0.1, -0.05) is 32.9 Å². The van der Waals surface area contributed by atoms with E-state index in [9.17, 15) is 10.1 Å². The SMILES string of the molecule is CC1(C)[C@H]2CC[C@@]1(C)/C(=N\Nc1nc(-c3cccc([N+](=O)[O-])c3)cs1)C2. The number of hydrogen-bond acceptors (Lipinski definition) is 6. The van der Waals surface area contributed by atoms with E-state index in [2.05, 4.69) is 31.2 Å². The highest BCUT2D eigenvalue weighted by molar-refractivity contribution is 7.14. The van der Waals surface area contributed by atoms with E-state index in [4.69, 9.17) is 5.10 Å². The summed E-state index contributed by atoms with van der Waals surface area (Å²) >= 11 is 1.46. The van der Waals surface area contributed by atoms with Crippen LogP contribution < -0.4 is 5.43 Å². The third-order valence-corrected chi connectivity index (χ3v) is 7.40. The highest BCUT2D eigenvalue weighted by Crippen LogP contribution is 2.63. The van der Waals surface area contributed by atoms with E-state index in [1.54, 1.807) is 12.1 Å². The number of nitro benzene ring substituents is 1. The fraction of sp³-hybridized carbons (Fsp3) is 0.474. The second-order valence-corrected chi connectivity index (χ2v) is 8.87. The van der Waals surface area contributed by atoms with Crippen LogP contribution in [0.5, 0.6) is 0 Å². The Morgan fingerprint density at radius 2 is 2.19 bits per heavy atom. The van der Waals surface area contributed by atoms with Gasteiger partial charge in [-0.3, -0.25) is 15.5 Å². The molecule has 136 valence electrons. The minimum Gasteiger partial charge on any atom is -0.258 e. The fourth-order valence-corrected chi connectivity index (χ4v) is 5.11. The number of anilines is 1. The number of hydrogen-bond donors (Lipinski definition) is 1. The summed E-state index contributed by atoms with van der Waals surface area (Å²) in [4.78, 5) is 15.1. The molecule has 7 heteroatoms. The van der Waals surface area contributed by atoms with E-state index in [1.807, 2.05) is 11.4 Å². The van der Waals surface area contributed by atoms with Crippen LogP contribution in [0.2, 0.25) is 0 Å². The van der Waals surface area contributed by atoms with Crippen molar-refractivity contribution in [2.45, 2.75) is 40.0 Å². The van der Waals surface area contributed by atoms with Crippen molar-refractivity contribution in [2.24, 2.45) is 21.8 Å². The third kappa shape index (κ3) is 2.53. The Morgan fingerprint density at radius 3 is 2.85 bits per heavy atom. The fourth-order valence-electron chi connectivity index (χ4n) is 4.45. The van der Waals surface area contributed by atoms with Gasteiger partial charge < -0.3 is 0 Å². The summed E-state index contributed by atoms with van der Waals surface area (Å²) in [6.07, 6.45) is 3.54. The monoisotopic (exact) mass is 370 g/mol. The molecule has 2 fully saturated rings. The highest BCUT2D eigenvalue weighted by Gasteiger charge is 2.59. The number of fused-ring (bicyclic) bond motifs is 2. The van der Waals surface area contributed by atoms with Crippen molar-refractivity contribution in [1.82, 2.24) is 4.98 Å². The Kier molecular flexibility index (Phi) is 3.87. The second kappa shape index (κ2) is 5.87. The van der Waals surface area contributed by atoms with Crippen molar-refractivity contribution >= 4 is 27.9 Å². The van der Waals surface area contributed by atoms with Crippen LogP contribution >= 0.6 is 11.3 Å². The zero-order valence-corrected chi connectivity index (χ0v) is 16.0. The lowest BCUT2D eigenvalue weighted by atomic mass is 9.70. The number of non-ortho nitro benzene ring substituents is 1. The molecule has 0 radical (unpaired) electrons. The van der Waals surface area contributed by atoms with Crippen molar-refractivity contribution in [2.75, 3.05) is 5.43 Å². The standard InChI is InChI=1S/C19H22N4O2S/c1-18(2)13-7-8-19(18,3)16(10-13)21-22-17-20-15(11-26-17)12-5-4-6-14(9-12)23(24)25/h4-6,9,11,13H,7-8,10H2,1-3H3,(H,20,22)/b21-16-/t13-,19-/m0/s1. The molecule has 4 rings (SSSR count). The molecule has 0 unspecified atom stereocenters. The van der Waals surface area contributed by atoms with Crippen LogP contribution in [0.1, 0.15) is 40.0 Å². The van der Waals surface area contributed by atoms with Crippen LogP contribution in [0.25, 0.3) is 11.3 Å². The summed E-state index contributed by atoms with van der Waals surface area (Å²) in [6, 6.07) is 6.54. The number of nitrogens with one attached hydrogen (secondary N) is 1. The minimum atomic E-state index is -0.390. The van der Waals surface area contributed by atoms with Crippen molar-refractivity contribution in [3.63, 3.8) is 0 Å². The molecule has 6 nitrogen and oxygen atoms in total. The smallest absolute Gasteiger partial charge is 0.258 e. The number of nitro groups is 1. The number of thiazole rings is 1. The number of rotatable bonds is 4. The maximum absolute atomic E-state index is 10.9. The number of aromatic nitrogens is 1. The van der Waals surface area contributed by atoms with Crippen molar-refractivity contribution in [3.8, 4) is 11.3 Å². The molecule has 2 atom stereocenters. The second-order valence-electron chi connectivity index (χ2n) is 8.01. The zero-order chi connectivity index (χ0) is 18.5. The van der Waals surface area contributed by atoms with Gasteiger partial charge in [0.2, 0.25) is 5.13 Å². The lowest BCUT2D eigenvalue weighted by Crippen LogP contribution is -2.32. The predicted octanol–water partition coefficient (Wildman–Crippen LogP) is 5.33. The van der Waals surface area contributed by atoms with Crippen LogP contribution in [-0.4, -0.2) is 15.6 Å². The highest BCUT2D eigenvalue weighted by atomic mass is 32.1. The average molecular weight is 370 g/mol. The molecule has 1 aromatic heterocycles. The van der Waals surface area contributed by atoms with E-state index in [-0.39, 0.29) is 11.1 Å². The molecule has 0 aliphatic heterocycles. The van der Waals surface area contributed by atoms with Crippen molar-refractivity contribution < 1.29 is 4.92 Å². The molecule has 2 aliphatic carbocycles. The molecule has 2 aliphatic rings. The molecular weight excluding hydrogens is 348 g/mol. The predicted molar refractivity (Wildman–Crippen MR) is 104 cm³/mol. The quantitative estimate of drug-likeness (QED) is 0.582. The van der Waals surface area contributed by atoms with E-state index in [0.29, 0.717) is 16.5 Å². The van der Waals surface area contributed by atoms with E-state index in [0.717, 1.165) is 17.7 Å². The Bertz CT molecular complexity index is 904. The van der Waals surface area contributed by atoms with Gasteiger partial charge in [0.25, 0.3) is 5.69 Å². The lowest BCUT2D eigenvalue weighted by molar-refractivity contribution is -0.384. The Hall–Kier alpha value is -2.28. The maximum Gasteiger partial charge on any atom is 0.270 e. The molecule has 0 spiro atoms. The molecule has 26 heavy (non-hydrogen) atoms. The van der Waals surface area contributed by atoms with Crippen LogP contribution in [0, 0.1) is 26.9 Å². The normalized spacial score (nSPS) is 27.8. The van der Waals surface area contributed by atoms with Gasteiger partial charge in [0.15, 0.2) is 0 Å². The molecule has 2 bridgehead atoms. The Labute approximate surface area is 156 Å². The molecule has 2 saturated carbocycles. The summed E-state index contributed by atoms with van der Waals surface area (Å²) in [6.45, 7) is 7.05. The van der Waals surface area contributed by atoms with Gasteiger partial charge in [-0.05, 0) is 30.6 Å². The van der Waals surface area contributed by atoms with Crippen LogP contribution in [0.3, 0.4) is 0 Å². The summed E-state index contributed by atoms with van der Waals surface area (Å²) in [7, 11) is 0. The van der Waals surface area contributed by atoms with Crippen LogP contribution in [0.4, 0.5) is 10.8 Å². The molecule has 1 heterocycles. The molecule has 0 amide bonds. The number of nitrogens with zero attached hydrogens (tertiary/aromatic N) is 3. The Balaban J connectivity index is 1.53.